The van der Waals surface area contributed by atoms with Gasteiger partial charge in [0.05, 0.1) is 23.7 Å². The van der Waals surface area contributed by atoms with Crippen molar-refractivity contribution in [3.8, 4) is 11.4 Å². The van der Waals surface area contributed by atoms with Crippen molar-refractivity contribution in [3.05, 3.63) is 41.2 Å². The number of nitrogens with zero attached hydrogens (tertiary/aromatic N) is 1. The van der Waals surface area contributed by atoms with Crippen LogP contribution in [0.3, 0.4) is 0 Å². The van der Waals surface area contributed by atoms with Gasteiger partial charge in [-0.3, -0.25) is 0 Å². The highest BCUT2D eigenvalue weighted by Crippen LogP contribution is 2.30. The second kappa shape index (κ2) is 7.85. The van der Waals surface area contributed by atoms with Crippen LogP contribution in [0.15, 0.2) is 24.3 Å². The predicted octanol–water partition coefficient (Wildman–Crippen LogP) is 4.45. The SMILES string of the molecule is COCCc1[nH]c(-c2ccc(C(F)(F)F)cc2)nc1CCl.Cl. The standard InChI is InChI=1S/C14H14ClF3N2O.ClH/c1-21-7-6-11-12(8-15)20-13(19-11)9-2-4-10(5-3-9)14(16,17)18;/h2-5H,6-8H2,1H3,(H,19,20);1H. The number of aromatic nitrogens is 2. The minimum Gasteiger partial charge on any atom is -0.384 e. The van der Waals surface area contributed by atoms with Gasteiger partial charge in [0.25, 0.3) is 0 Å². The third-order valence-electron chi connectivity index (χ3n) is 3.03. The average Bonchev–Trinajstić information content (AvgIpc) is 2.87. The van der Waals surface area contributed by atoms with E-state index in [4.69, 9.17) is 16.3 Å². The summed E-state index contributed by atoms with van der Waals surface area (Å²) in [6.07, 6.45) is -3.72. The number of nitrogens with one attached hydrogen (secondary N) is 1. The summed E-state index contributed by atoms with van der Waals surface area (Å²) in [6.45, 7) is 0.512. The zero-order valence-corrected chi connectivity index (χ0v) is 13.3. The summed E-state index contributed by atoms with van der Waals surface area (Å²) in [5.41, 5.74) is 1.42. The Morgan fingerprint density at radius 1 is 1.23 bits per heavy atom. The van der Waals surface area contributed by atoms with E-state index in [0.29, 0.717) is 30.1 Å². The van der Waals surface area contributed by atoms with E-state index in [-0.39, 0.29) is 18.3 Å². The molecule has 8 heteroatoms. The molecule has 1 aromatic carbocycles. The number of hydrogen-bond acceptors (Lipinski definition) is 2. The van der Waals surface area contributed by atoms with Gasteiger partial charge in [-0.25, -0.2) is 4.98 Å². The van der Waals surface area contributed by atoms with E-state index in [1.165, 1.54) is 12.1 Å². The van der Waals surface area contributed by atoms with E-state index in [9.17, 15) is 13.2 Å². The molecule has 0 spiro atoms. The van der Waals surface area contributed by atoms with E-state index in [1.807, 2.05) is 0 Å². The Bertz CT molecular complexity index is 597. The molecule has 0 unspecified atom stereocenters. The Morgan fingerprint density at radius 2 is 1.86 bits per heavy atom. The number of H-pyrrole nitrogens is 1. The lowest BCUT2D eigenvalue weighted by Gasteiger charge is -2.06. The normalized spacial score (nSPS) is 11.3. The Labute approximate surface area is 137 Å². The summed E-state index contributed by atoms with van der Waals surface area (Å²) in [5, 5.41) is 0. The molecule has 2 aromatic rings. The van der Waals surface area contributed by atoms with Crippen LogP contribution in [-0.4, -0.2) is 23.7 Å². The first kappa shape index (κ1) is 18.8. The fraction of sp³-hybridized carbons (Fsp3) is 0.357. The van der Waals surface area contributed by atoms with Crippen molar-refractivity contribution >= 4 is 24.0 Å². The molecule has 0 amide bonds. The minimum absolute atomic E-state index is 0. The molecule has 1 heterocycles. The van der Waals surface area contributed by atoms with Crippen LogP contribution in [0.5, 0.6) is 0 Å². The van der Waals surface area contributed by atoms with E-state index >= 15 is 0 Å². The number of hydrogen-bond donors (Lipinski definition) is 1. The number of halogens is 5. The van der Waals surface area contributed by atoms with Crippen molar-refractivity contribution in [2.45, 2.75) is 18.5 Å². The van der Waals surface area contributed by atoms with Crippen molar-refractivity contribution in [2.75, 3.05) is 13.7 Å². The van der Waals surface area contributed by atoms with E-state index in [2.05, 4.69) is 9.97 Å². The lowest BCUT2D eigenvalue weighted by Crippen LogP contribution is -2.04. The second-order valence-electron chi connectivity index (χ2n) is 4.46. The van der Waals surface area contributed by atoms with E-state index < -0.39 is 11.7 Å². The first-order valence-electron chi connectivity index (χ1n) is 6.26. The molecule has 0 aliphatic heterocycles. The number of ether oxygens (including phenoxy) is 1. The van der Waals surface area contributed by atoms with E-state index in [1.54, 1.807) is 7.11 Å². The van der Waals surface area contributed by atoms with Crippen LogP contribution in [0.2, 0.25) is 0 Å². The van der Waals surface area contributed by atoms with Gasteiger partial charge in [0.2, 0.25) is 0 Å². The smallest absolute Gasteiger partial charge is 0.384 e. The second-order valence-corrected chi connectivity index (χ2v) is 4.73. The maximum absolute atomic E-state index is 12.5. The van der Waals surface area contributed by atoms with Crippen LogP contribution in [0.25, 0.3) is 11.4 Å². The van der Waals surface area contributed by atoms with Gasteiger partial charge < -0.3 is 9.72 Å². The number of rotatable bonds is 5. The third-order valence-corrected chi connectivity index (χ3v) is 3.29. The quantitative estimate of drug-likeness (QED) is 0.805. The lowest BCUT2D eigenvalue weighted by atomic mass is 10.1. The van der Waals surface area contributed by atoms with Crippen molar-refractivity contribution in [1.82, 2.24) is 9.97 Å². The van der Waals surface area contributed by atoms with Crippen LogP contribution >= 0.6 is 24.0 Å². The minimum atomic E-state index is -4.34. The molecule has 0 fully saturated rings. The van der Waals surface area contributed by atoms with Gasteiger partial charge in [-0.05, 0) is 12.1 Å². The molecular weight excluding hydrogens is 340 g/mol. The molecule has 0 aliphatic carbocycles. The first-order chi connectivity index (χ1) is 9.95. The van der Waals surface area contributed by atoms with Crippen LogP contribution in [0.1, 0.15) is 17.0 Å². The fourth-order valence-corrected chi connectivity index (χ4v) is 2.14. The van der Waals surface area contributed by atoms with Crippen LogP contribution in [0, 0.1) is 0 Å². The van der Waals surface area contributed by atoms with Gasteiger partial charge in [-0.15, -0.1) is 24.0 Å². The largest absolute Gasteiger partial charge is 0.416 e. The Balaban J connectivity index is 0.00000242. The number of aromatic amines is 1. The van der Waals surface area contributed by atoms with Gasteiger partial charge in [-0.2, -0.15) is 13.2 Å². The number of alkyl halides is 4. The molecule has 0 bridgehead atoms. The maximum Gasteiger partial charge on any atom is 0.416 e. The zero-order chi connectivity index (χ0) is 15.5. The zero-order valence-electron chi connectivity index (χ0n) is 11.7. The van der Waals surface area contributed by atoms with Gasteiger partial charge in [-0.1, -0.05) is 12.1 Å². The van der Waals surface area contributed by atoms with Crippen LogP contribution < -0.4 is 0 Å². The highest BCUT2D eigenvalue weighted by atomic mass is 35.5. The number of methoxy groups -OCH3 is 1. The first-order valence-corrected chi connectivity index (χ1v) is 6.79. The molecule has 0 radical (unpaired) electrons. The molecular formula is C14H15Cl2F3N2O. The van der Waals surface area contributed by atoms with Crippen LogP contribution in [0.4, 0.5) is 13.2 Å². The molecule has 22 heavy (non-hydrogen) atoms. The Morgan fingerprint density at radius 3 is 2.36 bits per heavy atom. The van der Waals surface area contributed by atoms with Gasteiger partial charge in [0.1, 0.15) is 5.82 Å². The molecule has 0 saturated carbocycles. The third kappa shape index (κ3) is 4.38. The van der Waals surface area contributed by atoms with Crippen LogP contribution in [-0.2, 0) is 23.2 Å². The van der Waals surface area contributed by atoms with Gasteiger partial charge >= 0.3 is 6.18 Å². The molecule has 122 valence electrons. The summed E-state index contributed by atoms with van der Waals surface area (Å²) in [7, 11) is 1.59. The van der Waals surface area contributed by atoms with E-state index in [0.717, 1.165) is 17.8 Å². The molecule has 1 N–H and O–H groups in total. The monoisotopic (exact) mass is 354 g/mol. The molecule has 3 nitrogen and oxygen atoms in total. The van der Waals surface area contributed by atoms with Crippen molar-refractivity contribution in [2.24, 2.45) is 0 Å². The highest BCUT2D eigenvalue weighted by Gasteiger charge is 2.30. The summed E-state index contributed by atoms with van der Waals surface area (Å²) in [4.78, 5) is 7.40. The Hall–Kier alpha value is -1.24. The van der Waals surface area contributed by atoms with Gasteiger partial charge in [0.15, 0.2) is 0 Å². The Kier molecular flexibility index (Phi) is 6.71. The summed E-state index contributed by atoms with van der Waals surface area (Å²) in [5.74, 6) is 0.737. The lowest BCUT2D eigenvalue weighted by molar-refractivity contribution is -0.137. The summed E-state index contributed by atoms with van der Waals surface area (Å²) >= 11 is 5.82. The summed E-state index contributed by atoms with van der Waals surface area (Å²) < 4.78 is 42.6. The van der Waals surface area contributed by atoms with Gasteiger partial charge in [0, 0.05) is 24.8 Å². The molecule has 0 atom stereocenters. The molecule has 0 aliphatic rings. The maximum atomic E-state index is 12.5. The highest BCUT2D eigenvalue weighted by molar-refractivity contribution is 6.17. The topological polar surface area (TPSA) is 37.9 Å². The fourth-order valence-electron chi connectivity index (χ4n) is 1.92. The van der Waals surface area contributed by atoms with Crippen molar-refractivity contribution in [3.63, 3.8) is 0 Å². The summed E-state index contributed by atoms with van der Waals surface area (Å²) in [6, 6.07) is 4.85. The predicted molar refractivity (Wildman–Crippen MR) is 81.4 cm³/mol. The molecule has 2 rings (SSSR count). The molecule has 0 saturated heterocycles. The van der Waals surface area contributed by atoms with Crippen molar-refractivity contribution < 1.29 is 17.9 Å². The number of benzene rings is 1. The van der Waals surface area contributed by atoms with Crippen molar-refractivity contribution in [1.29, 1.82) is 0 Å². The molecule has 1 aromatic heterocycles. The number of imidazole rings is 1. The average molecular weight is 355 g/mol.